The van der Waals surface area contributed by atoms with E-state index in [0.717, 1.165) is 23.5 Å². The zero-order chi connectivity index (χ0) is 18.0. The topological polar surface area (TPSA) is 68.2 Å². The van der Waals surface area contributed by atoms with Gasteiger partial charge >= 0.3 is 0 Å². The smallest absolute Gasteiger partial charge is 0.255 e. The molecule has 3 rings (SSSR count). The maximum atomic E-state index is 12.6. The third-order valence-corrected chi connectivity index (χ3v) is 4.29. The minimum absolute atomic E-state index is 0.115. The Bertz CT molecular complexity index is 755. The van der Waals surface area contributed by atoms with Crippen LogP contribution in [0, 0.1) is 6.92 Å². The lowest BCUT2D eigenvalue weighted by Gasteiger charge is -2.22. The van der Waals surface area contributed by atoms with Gasteiger partial charge in [-0.25, -0.2) is 4.68 Å². The van der Waals surface area contributed by atoms with Gasteiger partial charge in [-0.05, 0) is 18.6 Å². The first-order valence-corrected chi connectivity index (χ1v) is 8.66. The average molecular weight is 342 g/mol. The van der Waals surface area contributed by atoms with E-state index in [2.05, 4.69) is 31.4 Å². The quantitative estimate of drug-likeness (QED) is 0.899. The van der Waals surface area contributed by atoms with Crippen molar-refractivity contribution in [1.29, 1.82) is 0 Å². The van der Waals surface area contributed by atoms with Gasteiger partial charge in [0.15, 0.2) is 0 Å². The fraction of sp³-hybridized carbons (Fsp3) is 0.474. The molecule has 0 unspecified atom stereocenters. The van der Waals surface area contributed by atoms with Gasteiger partial charge in [-0.1, -0.05) is 39.0 Å². The first kappa shape index (κ1) is 17.6. The van der Waals surface area contributed by atoms with Gasteiger partial charge in [0.25, 0.3) is 5.91 Å². The number of rotatable bonds is 3. The zero-order valence-electron chi connectivity index (χ0n) is 15.3. The highest BCUT2D eigenvalue weighted by atomic mass is 16.5. The van der Waals surface area contributed by atoms with E-state index in [4.69, 9.17) is 9.84 Å². The van der Waals surface area contributed by atoms with Gasteiger partial charge in [0.2, 0.25) is 0 Å². The maximum absolute atomic E-state index is 12.6. The highest BCUT2D eigenvalue weighted by molar-refractivity contribution is 5.94. The van der Waals surface area contributed by atoms with Crippen LogP contribution >= 0.6 is 0 Å². The van der Waals surface area contributed by atoms with Crippen molar-refractivity contribution in [2.45, 2.75) is 39.2 Å². The Morgan fingerprint density at radius 3 is 2.76 bits per heavy atom. The number of aromatic nitrogens is 2. The zero-order valence-corrected chi connectivity index (χ0v) is 15.3. The fourth-order valence-corrected chi connectivity index (χ4v) is 2.76. The van der Waals surface area contributed by atoms with Crippen molar-refractivity contribution in [1.82, 2.24) is 15.1 Å². The average Bonchev–Trinajstić information content (AvgIpc) is 3.00. The minimum Gasteiger partial charge on any atom is -0.366 e. The van der Waals surface area contributed by atoms with Crippen LogP contribution in [0.25, 0.3) is 5.69 Å². The van der Waals surface area contributed by atoms with Gasteiger partial charge in [-0.15, -0.1) is 0 Å². The Morgan fingerprint density at radius 1 is 1.36 bits per heavy atom. The van der Waals surface area contributed by atoms with Crippen LogP contribution in [0.15, 0.2) is 30.3 Å². The molecule has 0 radical (unpaired) electrons. The summed E-state index contributed by atoms with van der Waals surface area (Å²) in [5.41, 5.74) is 2.86. The second kappa shape index (κ2) is 6.98. The number of hydrogen-bond acceptors (Lipinski definition) is 4. The number of carbonyl (C=O) groups excluding carboxylic acids is 1. The minimum atomic E-state index is -0.480. The number of morpholine rings is 1. The number of aryl methyl sites for hydroxylation is 1. The van der Waals surface area contributed by atoms with Crippen LogP contribution in [0.1, 0.15) is 32.0 Å². The van der Waals surface area contributed by atoms with Crippen molar-refractivity contribution in [2.75, 3.05) is 25.0 Å². The number of carbonyl (C=O) groups is 1. The summed E-state index contributed by atoms with van der Waals surface area (Å²) in [4.78, 5) is 12.6. The van der Waals surface area contributed by atoms with Crippen molar-refractivity contribution >= 4 is 11.7 Å². The highest BCUT2D eigenvalue weighted by Gasteiger charge is 2.26. The van der Waals surface area contributed by atoms with Crippen LogP contribution in [0.5, 0.6) is 0 Å². The van der Waals surface area contributed by atoms with Crippen LogP contribution in [0.2, 0.25) is 0 Å². The number of nitrogens with one attached hydrogen (secondary N) is 2. The van der Waals surface area contributed by atoms with Crippen LogP contribution in [0.4, 0.5) is 5.82 Å². The first-order chi connectivity index (χ1) is 11.9. The third kappa shape index (κ3) is 3.91. The predicted molar refractivity (Wildman–Crippen MR) is 98.2 cm³/mol. The van der Waals surface area contributed by atoms with E-state index in [9.17, 15) is 4.79 Å². The number of para-hydroxylation sites is 1. The largest absolute Gasteiger partial charge is 0.366 e. The molecule has 6 nitrogen and oxygen atoms in total. The van der Waals surface area contributed by atoms with E-state index in [1.807, 2.05) is 41.9 Å². The SMILES string of the molecule is Cc1ccccc1-n1nc(C(C)(C)C)cc1NC(=O)[C@H]1CNCCO1. The van der Waals surface area contributed by atoms with Gasteiger partial charge in [0, 0.05) is 24.6 Å². The Morgan fingerprint density at radius 2 is 2.12 bits per heavy atom. The molecule has 1 aromatic carbocycles. The Balaban J connectivity index is 1.95. The lowest BCUT2D eigenvalue weighted by Crippen LogP contribution is -2.45. The van der Waals surface area contributed by atoms with Crippen molar-refractivity contribution in [3.63, 3.8) is 0 Å². The molecule has 1 aliphatic rings. The molecule has 0 saturated carbocycles. The number of anilines is 1. The Kier molecular flexibility index (Phi) is 4.92. The number of ether oxygens (including phenoxy) is 1. The molecule has 0 bridgehead atoms. The van der Waals surface area contributed by atoms with Crippen LogP contribution in [0.3, 0.4) is 0 Å². The van der Waals surface area contributed by atoms with E-state index in [1.165, 1.54) is 0 Å². The van der Waals surface area contributed by atoms with E-state index in [-0.39, 0.29) is 11.3 Å². The second-order valence-electron chi connectivity index (χ2n) is 7.42. The summed E-state index contributed by atoms with van der Waals surface area (Å²) in [5.74, 6) is 0.515. The number of hydrogen-bond donors (Lipinski definition) is 2. The molecule has 0 aliphatic carbocycles. The summed E-state index contributed by atoms with van der Waals surface area (Å²) in [6.45, 7) is 10.2. The monoisotopic (exact) mass is 342 g/mol. The molecule has 25 heavy (non-hydrogen) atoms. The lowest BCUT2D eigenvalue weighted by molar-refractivity contribution is -0.128. The molecule has 1 amide bonds. The summed E-state index contributed by atoms with van der Waals surface area (Å²) in [6, 6.07) is 9.95. The molecular formula is C19H26N4O2. The molecule has 134 valence electrons. The molecule has 1 atom stereocenters. The van der Waals surface area contributed by atoms with E-state index >= 15 is 0 Å². The molecule has 2 N–H and O–H groups in total. The molecule has 1 aliphatic heterocycles. The molecule has 1 saturated heterocycles. The molecule has 2 heterocycles. The number of nitrogens with zero attached hydrogens (tertiary/aromatic N) is 2. The Labute approximate surface area is 148 Å². The predicted octanol–water partition coefficient (Wildman–Crippen LogP) is 2.41. The summed E-state index contributed by atoms with van der Waals surface area (Å²) < 4.78 is 7.36. The molecule has 1 aromatic heterocycles. The van der Waals surface area contributed by atoms with Crippen molar-refractivity contribution in [2.24, 2.45) is 0 Å². The van der Waals surface area contributed by atoms with E-state index < -0.39 is 6.10 Å². The molecule has 1 fully saturated rings. The maximum Gasteiger partial charge on any atom is 0.255 e. The van der Waals surface area contributed by atoms with Gasteiger partial charge in [-0.2, -0.15) is 5.10 Å². The second-order valence-corrected chi connectivity index (χ2v) is 7.42. The third-order valence-electron chi connectivity index (χ3n) is 4.29. The van der Waals surface area contributed by atoms with Crippen molar-refractivity contribution in [3.05, 3.63) is 41.6 Å². The number of benzene rings is 1. The van der Waals surface area contributed by atoms with Crippen LogP contribution < -0.4 is 10.6 Å². The molecule has 6 heteroatoms. The van der Waals surface area contributed by atoms with Gasteiger partial charge in [-0.3, -0.25) is 4.79 Å². The Hall–Kier alpha value is -2.18. The standard InChI is InChI=1S/C19H26N4O2/c1-13-7-5-6-8-14(13)23-17(11-16(22-23)19(2,3)4)21-18(24)15-12-20-9-10-25-15/h5-8,11,15,20H,9-10,12H2,1-4H3,(H,21,24)/t15-/m1/s1. The normalized spacial score (nSPS) is 18.2. The fourth-order valence-electron chi connectivity index (χ4n) is 2.76. The lowest BCUT2D eigenvalue weighted by atomic mass is 9.92. The summed E-state index contributed by atoms with van der Waals surface area (Å²) in [6.07, 6.45) is -0.480. The van der Waals surface area contributed by atoms with Crippen molar-refractivity contribution < 1.29 is 9.53 Å². The summed E-state index contributed by atoms with van der Waals surface area (Å²) >= 11 is 0. The van der Waals surface area contributed by atoms with Gasteiger partial charge in [0.05, 0.1) is 18.0 Å². The van der Waals surface area contributed by atoms with E-state index in [1.54, 1.807) is 0 Å². The van der Waals surface area contributed by atoms with Gasteiger partial charge in [0.1, 0.15) is 11.9 Å². The molecule has 0 spiro atoms. The first-order valence-electron chi connectivity index (χ1n) is 8.66. The van der Waals surface area contributed by atoms with Gasteiger partial charge < -0.3 is 15.4 Å². The molecular weight excluding hydrogens is 316 g/mol. The van der Waals surface area contributed by atoms with Crippen LogP contribution in [-0.4, -0.2) is 41.5 Å². The summed E-state index contributed by atoms with van der Waals surface area (Å²) in [7, 11) is 0. The van der Waals surface area contributed by atoms with Crippen LogP contribution in [-0.2, 0) is 14.9 Å². The van der Waals surface area contributed by atoms with Crippen molar-refractivity contribution in [3.8, 4) is 5.69 Å². The number of amides is 1. The molecule has 2 aromatic rings. The summed E-state index contributed by atoms with van der Waals surface area (Å²) in [5, 5.41) is 10.9. The highest BCUT2D eigenvalue weighted by Crippen LogP contribution is 2.27. The van der Waals surface area contributed by atoms with E-state index in [0.29, 0.717) is 19.0 Å².